The fourth-order valence-electron chi connectivity index (χ4n) is 12.8. The SMILES string of the molecule is CCCCCCCCCCCCCCCCC/C=C/C(O)C(CO)NC(=O)CCCCCCCCCCCCCCCCCCC/C=C\C/C=C\CCCCCCCCCCCCCCCOC(=O)CCCCCCCCCCCCCCCCCCC. The van der Waals surface area contributed by atoms with E-state index < -0.39 is 12.1 Å². The van der Waals surface area contributed by atoms with Crippen LogP contribution in [-0.4, -0.2) is 47.4 Å². The molecule has 0 aromatic carbocycles. The maximum atomic E-state index is 12.5. The number of aliphatic hydroxyl groups is 2. The molecule has 0 aromatic heterocycles. The predicted octanol–water partition coefficient (Wildman–Crippen LogP) is 26.6. The van der Waals surface area contributed by atoms with Crippen molar-refractivity contribution >= 4 is 11.9 Å². The maximum Gasteiger partial charge on any atom is 0.305 e. The molecule has 6 nitrogen and oxygen atoms in total. The largest absolute Gasteiger partial charge is 0.466 e. The number of hydrogen-bond donors (Lipinski definition) is 3. The highest BCUT2D eigenvalue weighted by Crippen LogP contribution is 2.20. The Balaban J connectivity index is 3.36. The zero-order valence-corrected chi connectivity index (χ0v) is 59.7. The molecule has 0 rings (SSSR count). The molecular weight excluding hydrogens is 1080 g/mol. The summed E-state index contributed by atoms with van der Waals surface area (Å²) in [5, 5.41) is 23.2. The smallest absolute Gasteiger partial charge is 0.305 e. The van der Waals surface area contributed by atoms with E-state index in [9.17, 15) is 19.8 Å². The molecule has 0 saturated heterocycles. The van der Waals surface area contributed by atoms with Crippen molar-refractivity contribution in [2.75, 3.05) is 13.2 Å². The molecule has 0 aliphatic carbocycles. The molecular formula is C82H157NO5. The van der Waals surface area contributed by atoms with Crippen molar-refractivity contribution in [3.05, 3.63) is 36.5 Å². The molecule has 0 aliphatic heterocycles. The van der Waals surface area contributed by atoms with Crippen LogP contribution in [0.5, 0.6) is 0 Å². The van der Waals surface area contributed by atoms with E-state index in [0.717, 1.165) is 44.9 Å². The average Bonchev–Trinajstić information content (AvgIpc) is 3.58. The summed E-state index contributed by atoms with van der Waals surface area (Å²) in [6.07, 6.45) is 101. The Morgan fingerprint density at radius 3 is 0.864 bits per heavy atom. The van der Waals surface area contributed by atoms with Gasteiger partial charge in [-0.25, -0.2) is 0 Å². The van der Waals surface area contributed by atoms with Gasteiger partial charge in [-0.3, -0.25) is 9.59 Å². The molecule has 0 aliphatic rings. The first kappa shape index (κ1) is 86.1. The summed E-state index contributed by atoms with van der Waals surface area (Å²) in [5.74, 6) is -0.0385. The molecule has 0 saturated carbocycles. The van der Waals surface area contributed by atoms with Gasteiger partial charge in [-0.2, -0.15) is 0 Å². The fourth-order valence-corrected chi connectivity index (χ4v) is 12.8. The molecule has 0 fully saturated rings. The first-order valence-electron chi connectivity index (χ1n) is 40.3. The number of esters is 1. The van der Waals surface area contributed by atoms with E-state index in [2.05, 4.69) is 43.5 Å². The van der Waals surface area contributed by atoms with E-state index >= 15 is 0 Å². The molecule has 0 radical (unpaired) electrons. The van der Waals surface area contributed by atoms with Crippen LogP contribution in [0.1, 0.15) is 450 Å². The molecule has 0 aromatic rings. The minimum Gasteiger partial charge on any atom is -0.466 e. The Kier molecular flexibility index (Phi) is 75.8. The van der Waals surface area contributed by atoms with Crippen molar-refractivity contribution < 1.29 is 24.5 Å². The Morgan fingerprint density at radius 2 is 0.568 bits per heavy atom. The number of ether oxygens (including phenoxy) is 1. The lowest BCUT2D eigenvalue weighted by Crippen LogP contribution is -2.45. The molecule has 0 heterocycles. The van der Waals surface area contributed by atoms with Crippen LogP contribution in [0.15, 0.2) is 36.5 Å². The van der Waals surface area contributed by atoms with Gasteiger partial charge in [-0.05, 0) is 64.2 Å². The molecule has 0 spiro atoms. The summed E-state index contributed by atoms with van der Waals surface area (Å²) in [7, 11) is 0. The summed E-state index contributed by atoms with van der Waals surface area (Å²) in [6.45, 7) is 4.95. The van der Waals surface area contributed by atoms with Crippen molar-refractivity contribution in [1.29, 1.82) is 0 Å². The van der Waals surface area contributed by atoms with Crippen LogP contribution >= 0.6 is 0 Å². The normalized spacial score (nSPS) is 12.6. The van der Waals surface area contributed by atoms with Gasteiger partial charge in [-0.1, -0.05) is 410 Å². The number of rotatable bonds is 76. The number of nitrogens with one attached hydrogen (secondary N) is 1. The number of aliphatic hydroxyl groups excluding tert-OH is 2. The van der Waals surface area contributed by atoms with Gasteiger partial charge in [-0.15, -0.1) is 0 Å². The standard InChI is InChI=1S/C82H157NO5/c1-3-5-7-9-11-13-15-17-19-42-46-50-54-58-62-66-70-74-80(85)79(78-84)83-81(86)75-71-67-63-59-55-51-47-44-40-38-36-34-32-30-28-26-24-22-21-23-25-27-29-31-33-35-37-39-41-45-49-53-57-61-65-69-73-77-88-82(87)76-72-68-64-60-56-52-48-43-20-18-16-14-12-10-8-6-4-2/h21,23,27,29,70,74,79-80,84-85H,3-20,22,24-26,28,30-69,71-73,75-78H2,1-2H3,(H,83,86)/b23-21-,29-27-,74-70+. The Morgan fingerprint density at radius 1 is 0.318 bits per heavy atom. The highest BCUT2D eigenvalue weighted by atomic mass is 16.5. The summed E-state index contributed by atoms with van der Waals surface area (Å²) in [6, 6.07) is -0.626. The van der Waals surface area contributed by atoms with Gasteiger partial charge < -0.3 is 20.3 Å². The van der Waals surface area contributed by atoms with E-state index in [1.54, 1.807) is 6.08 Å². The third-order valence-electron chi connectivity index (χ3n) is 18.9. The van der Waals surface area contributed by atoms with Gasteiger partial charge in [0.15, 0.2) is 0 Å². The van der Waals surface area contributed by atoms with Crippen molar-refractivity contribution in [1.82, 2.24) is 5.32 Å². The molecule has 0 bridgehead atoms. The Hall–Kier alpha value is -1.92. The van der Waals surface area contributed by atoms with Gasteiger partial charge in [0.05, 0.1) is 25.4 Å². The summed E-state index contributed by atoms with van der Waals surface area (Å²) in [4.78, 5) is 24.6. The van der Waals surface area contributed by atoms with Gasteiger partial charge in [0.2, 0.25) is 5.91 Å². The highest BCUT2D eigenvalue weighted by Gasteiger charge is 2.18. The van der Waals surface area contributed by atoms with Crippen molar-refractivity contribution in [2.45, 2.75) is 463 Å². The van der Waals surface area contributed by atoms with Crippen LogP contribution in [0, 0.1) is 0 Å². The molecule has 3 N–H and O–H groups in total. The summed E-state index contributed by atoms with van der Waals surface area (Å²) in [5.41, 5.74) is 0. The number of unbranched alkanes of at least 4 members (excludes halogenated alkanes) is 61. The molecule has 1 amide bonds. The van der Waals surface area contributed by atoms with Crippen LogP contribution in [0.4, 0.5) is 0 Å². The van der Waals surface area contributed by atoms with E-state index in [-0.39, 0.29) is 18.5 Å². The summed E-state index contributed by atoms with van der Waals surface area (Å²) >= 11 is 0. The molecule has 2 atom stereocenters. The molecule has 88 heavy (non-hydrogen) atoms. The van der Waals surface area contributed by atoms with Crippen molar-refractivity contribution in [3.63, 3.8) is 0 Å². The minimum absolute atomic E-state index is 0.0233. The first-order chi connectivity index (χ1) is 43.5. The average molecular weight is 1240 g/mol. The third-order valence-corrected chi connectivity index (χ3v) is 18.9. The second-order valence-corrected chi connectivity index (χ2v) is 27.8. The van der Waals surface area contributed by atoms with E-state index in [1.807, 2.05) is 6.08 Å². The lowest BCUT2D eigenvalue weighted by Gasteiger charge is -2.20. The van der Waals surface area contributed by atoms with E-state index in [0.29, 0.717) is 19.4 Å². The van der Waals surface area contributed by atoms with Gasteiger partial charge in [0, 0.05) is 12.8 Å². The van der Waals surface area contributed by atoms with Crippen LogP contribution in [0.3, 0.4) is 0 Å². The van der Waals surface area contributed by atoms with Crippen molar-refractivity contribution in [2.24, 2.45) is 0 Å². The van der Waals surface area contributed by atoms with Gasteiger partial charge in [0.25, 0.3) is 0 Å². The monoisotopic (exact) mass is 1240 g/mol. The first-order valence-corrected chi connectivity index (χ1v) is 40.3. The lowest BCUT2D eigenvalue weighted by molar-refractivity contribution is -0.143. The van der Waals surface area contributed by atoms with Crippen LogP contribution in [0.25, 0.3) is 0 Å². The predicted molar refractivity (Wildman–Crippen MR) is 389 cm³/mol. The van der Waals surface area contributed by atoms with Crippen molar-refractivity contribution in [3.8, 4) is 0 Å². The number of carbonyl (C=O) groups is 2. The van der Waals surface area contributed by atoms with Crippen LogP contribution in [-0.2, 0) is 14.3 Å². The maximum absolute atomic E-state index is 12.5. The van der Waals surface area contributed by atoms with Crippen LogP contribution < -0.4 is 5.32 Å². The lowest BCUT2D eigenvalue weighted by atomic mass is 10.0. The van der Waals surface area contributed by atoms with Gasteiger partial charge >= 0.3 is 5.97 Å². The molecule has 6 heteroatoms. The van der Waals surface area contributed by atoms with Crippen LogP contribution in [0.2, 0.25) is 0 Å². The quantitative estimate of drug-likeness (QED) is 0.0320. The zero-order valence-electron chi connectivity index (χ0n) is 59.7. The topological polar surface area (TPSA) is 95.9 Å². The highest BCUT2D eigenvalue weighted by molar-refractivity contribution is 5.76. The molecule has 2 unspecified atom stereocenters. The Bertz CT molecular complexity index is 1430. The number of carbonyl (C=O) groups excluding carboxylic acids is 2. The summed E-state index contributed by atoms with van der Waals surface area (Å²) < 4.78 is 5.51. The fraction of sp³-hybridized carbons (Fsp3) is 0.902. The van der Waals surface area contributed by atoms with E-state index in [1.165, 1.54) is 379 Å². The number of allylic oxidation sites excluding steroid dienone is 5. The third kappa shape index (κ3) is 73.1. The number of hydrogen-bond acceptors (Lipinski definition) is 5. The van der Waals surface area contributed by atoms with E-state index in [4.69, 9.17) is 4.74 Å². The Labute approximate surface area is 551 Å². The van der Waals surface area contributed by atoms with Gasteiger partial charge in [0.1, 0.15) is 0 Å². The second-order valence-electron chi connectivity index (χ2n) is 27.8. The second kappa shape index (κ2) is 77.5. The number of amides is 1. The molecule has 520 valence electrons. The zero-order chi connectivity index (χ0) is 63.5. The minimum atomic E-state index is -0.843.